The zero-order chi connectivity index (χ0) is 21.8. The number of fused-ring (bicyclic) bond motifs is 3. The highest BCUT2D eigenvalue weighted by Crippen LogP contribution is 2.42. The Labute approximate surface area is 202 Å². The third kappa shape index (κ3) is 3.15. The molecule has 0 amide bonds. The van der Waals surface area contributed by atoms with Gasteiger partial charge in [-0.15, -0.1) is 11.3 Å². The van der Waals surface area contributed by atoms with Gasteiger partial charge in [0.25, 0.3) is 5.56 Å². The molecule has 0 bridgehead atoms. The standard InChI is InChI=1S/C25H16Cl2N2OS2/c26-18-8-3-6-15(21(18)27)13-20-24(30)29-23(19-9-4-12-31-19)17-11-10-14-5-1-2-7-16(14)22(17)28-25(29)32-20/h1-9,12-13,23H,10-11H2/b20-13+/t23-/m1/s1. The van der Waals surface area contributed by atoms with E-state index in [2.05, 4.69) is 35.7 Å². The number of rotatable bonds is 2. The smallest absolute Gasteiger partial charge is 0.271 e. The van der Waals surface area contributed by atoms with Crippen LogP contribution in [0.3, 0.4) is 0 Å². The average Bonchev–Trinajstić information content (AvgIpc) is 3.44. The minimum absolute atomic E-state index is 0.0476. The van der Waals surface area contributed by atoms with E-state index in [-0.39, 0.29) is 11.6 Å². The fourth-order valence-electron chi connectivity index (χ4n) is 4.49. The van der Waals surface area contributed by atoms with E-state index in [9.17, 15) is 4.79 Å². The summed E-state index contributed by atoms with van der Waals surface area (Å²) >= 11 is 15.7. The van der Waals surface area contributed by atoms with Crippen molar-refractivity contribution in [3.05, 3.63) is 117 Å². The SMILES string of the molecule is O=c1/c(=C\c2cccc(Cl)c2Cl)sc2n1[C@@H](c1cccs1)C1=C(N=2)c2ccccc2CC1. The van der Waals surface area contributed by atoms with Gasteiger partial charge >= 0.3 is 0 Å². The van der Waals surface area contributed by atoms with Crippen molar-refractivity contribution < 1.29 is 0 Å². The van der Waals surface area contributed by atoms with E-state index in [1.807, 2.05) is 28.8 Å². The summed E-state index contributed by atoms with van der Waals surface area (Å²) in [5.41, 5.74) is 5.39. The molecule has 0 saturated heterocycles. The van der Waals surface area contributed by atoms with Gasteiger partial charge in [0.1, 0.15) is 0 Å². The molecule has 0 radical (unpaired) electrons. The van der Waals surface area contributed by atoms with Crippen LogP contribution in [0.1, 0.15) is 34.0 Å². The molecule has 158 valence electrons. The molecule has 0 N–H and O–H groups in total. The van der Waals surface area contributed by atoms with Gasteiger partial charge in [-0.2, -0.15) is 0 Å². The molecule has 2 aromatic carbocycles. The molecule has 0 spiro atoms. The highest BCUT2D eigenvalue weighted by atomic mass is 35.5. The van der Waals surface area contributed by atoms with Crippen molar-refractivity contribution in [2.75, 3.05) is 0 Å². The molecule has 2 aromatic heterocycles. The zero-order valence-corrected chi connectivity index (χ0v) is 19.9. The van der Waals surface area contributed by atoms with Crippen LogP contribution in [-0.4, -0.2) is 4.57 Å². The molecule has 32 heavy (non-hydrogen) atoms. The van der Waals surface area contributed by atoms with Crippen molar-refractivity contribution in [3.8, 4) is 0 Å². The number of benzene rings is 2. The van der Waals surface area contributed by atoms with Crippen LogP contribution in [0.5, 0.6) is 0 Å². The number of halogens is 2. The van der Waals surface area contributed by atoms with Crippen LogP contribution in [0.25, 0.3) is 11.8 Å². The van der Waals surface area contributed by atoms with E-state index < -0.39 is 0 Å². The third-order valence-corrected chi connectivity index (χ3v) is 8.69. The molecular weight excluding hydrogens is 479 g/mol. The van der Waals surface area contributed by atoms with Crippen molar-refractivity contribution in [2.45, 2.75) is 18.9 Å². The molecule has 0 fully saturated rings. The molecule has 2 aliphatic rings. The lowest BCUT2D eigenvalue weighted by atomic mass is 9.85. The number of aryl methyl sites for hydroxylation is 1. The lowest BCUT2D eigenvalue weighted by Gasteiger charge is -2.30. The number of nitrogens with zero attached hydrogens (tertiary/aromatic N) is 2. The summed E-state index contributed by atoms with van der Waals surface area (Å²) in [5, 5.41) is 2.98. The minimum Gasteiger partial charge on any atom is -0.271 e. The summed E-state index contributed by atoms with van der Waals surface area (Å²) in [6.45, 7) is 0. The summed E-state index contributed by atoms with van der Waals surface area (Å²) in [5.74, 6) is 0. The Bertz CT molecular complexity index is 1580. The lowest BCUT2D eigenvalue weighted by Crippen LogP contribution is -2.38. The number of thiazole rings is 1. The molecule has 3 nitrogen and oxygen atoms in total. The first-order chi connectivity index (χ1) is 15.6. The Kier molecular flexibility index (Phi) is 4.95. The van der Waals surface area contributed by atoms with Crippen LogP contribution in [0.4, 0.5) is 0 Å². The van der Waals surface area contributed by atoms with E-state index in [4.69, 9.17) is 28.2 Å². The number of hydrogen-bond donors (Lipinski definition) is 0. The molecule has 7 heteroatoms. The summed E-state index contributed by atoms with van der Waals surface area (Å²) in [7, 11) is 0. The maximum absolute atomic E-state index is 13.6. The Morgan fingerprint density at radius 1 is 1.03 bits per heavy atom. The predicted molar refractivity (Wildman–Crippen MR) is 134 cm³/mol. The number of aromatic nitrogens is 1. The Hall–Kier alpha value is -2.44. The number of allylic oxidation sites excluding steroid dienone is 1. The van der Waals surface area contributed by atoms with Crippen LogP contribution in [-0.2, 0) is 6.42 Å². The van der Waals surface area contributed by atoms with E-state index >= 15 is 0 Å². The largest absolute Gasteiger partial charge is 0.271 e. The topological polar surface area (TPSA) is 34.4 Å². The fraction of sp³-hybridized carbons (Fsp3) is 0.120. The molecule has 4 aromatic rings. The molecule has 0 saturated carbocycles. The van der Waals surface area contributed by atoms with Crippen LogP contribution in [0, 0.1) is 0 Å². The van der Waals surface area contributed by atoms with Gasteiger partial charge in [-0.25, -0.2) is 4.99 Å². The normalized spacial score (nSPS) is 17.6. The first-order valence-electron chi connectivity index (χ1n) is 10.2. The summed E-state index contributed by atoms with van der Waals surface area (Å²) < 4.78 is 2.45. The van der Waals surface area contributed by atoms with Crippen molar-refractivity contribution >= 4 is 57.6 Å². The van der Waals surface area contributed by atoms with Crippen molar-refractivity contribution in [2.24, 2.45) is 4.99 Å². The van der Waals surface area contributed by atoms with Gasteiger partial charge in [0.05, 0.1) is 26.3 Å². The van der Waals surface area contributed by atoms with E-state index in [0.29, 0.717) is 19.4 Å². The second-order valence-electron chi connectivity index (χ2n) is 7.77. The quantitative estimate of drug-likeness (QED) is 0.352. The minimum atomic E-state index is -0.133. The lowest BCUT2D eigenvalue weighted by molar-refractivity contribution is 0.593. The van der Waals surface area contributed by atoms with Crippen LogP contribution in [0.15, 0.2) is 75.3 Å². The molecule has 1 atom stereocenters. The van der Waals surface area contributed by atoms with Gasteiger partial charge in [-0.05, 0) is 53.1 Å². The number of thiophene rings is 1. The second-order valence-corrected chi connectivity index (χ2v) is 10.5. The molecule has 1 aliphatic heterocycles. The maximum Gasteiger partial charge on any atom is 0.271 e. The zero-order valence-electron chi connectivity index (χ0n) is 16.7. The van der Waals surface area contributed by atoms with Crippen LogP contribution < -0.4 is 14.9 Å². The van der Waals surface area contributed by atoms with E-state index in [1.165, 1.54) is 28.0 Å². The summed E-state index contributed by atoms with van der Waals surface area (Å²) in [4.78, 5) is 20.5. The molecule has 6 rings (SSSR count). The Morgan fingerprint density at radius 3 is 2.75 bits per heavy atom. The van der Waals surface area contributed by atoms with Gasteiger partial charge in [0.2, 0.25) is 0 Å². The monoisotopic (exact) mass is 494 g/mol. The van der Waals surface area contributed by atoms with Crippen molar-refractivity contribution in [1.82, 2.24) is 4.57 Å². The van der Waals surface area contributed by atoms with Gasteiger partial charge in [-0.1, -0.05) is 77.0 Å². The predicted octanol–water partition coefficient (Wildman–Crippen LogP) is 5.69. The third-order valence-electron chi connectivity index (χ3n) is 5.95. The first kappa shape index (κ1) is 20.2. The highest BCUT2D eigenvalue weighted by Gasteiger charge is 2.32. The highest BCUT2D eigenvalue weighted by molar-refractivity contribution is 7.10. The Morgan fingerprint density at radius 2 is 1.91 bits per heavy atom. The second kappa shape index (κ2) is 7.85. The molecule has 1 aliphatic carbocycles. The van der Waals surface area contributed by atoms with E-state index in [0.717, 1.165) is 29.0 Å². The van der Waals surface area contributed by atoms with E-state index in [1.54, 1.807) is 17.4 Å². The number of hydrogen-bond acceptors (Lipinski definition) is 4. The molecular formula is C25H16Cl2N2OS2. The summed E-state index contributed by atoms with van der Waals surface area (Å²) in [6, 6.07) is 17.9. The van der Waals surface area contributed by atoms with Crippen LogP contribution in [0.2, 0.25) is 10.0 Å². The van der Waals surface area contributed by atoms with Crippen LogP contribution >= 0.6 is 45.9 Å². The fourth-order valence-corrected chi connectivity index (χ4v) is 6.69. The van der Waals surface area contributed by atoms with Gasteiger partial charge in [0, 0.05) is 10.4 Å². The van der Waals surface area contributed by atoms with Gasteiger partial charge in [-0.3, -0.25) is 9.36 Å². The van der Waals surface area contributed by atoms with Gasteiger partial charge < -0.3 is 0 Å². The Balaban J connectivity index is 1.63. The molecule has 0 unspecified atom stereocenters. The average molecular weight is 495 g/mol. The van der Waals surface area contributed by atoms with Crippen molar-refractivity contribution in [3.63, 3.8) is 0 Å². The maximum atomic E-state index is 13.6. The van der Waals surface area contributed by atoms with Crippen molar-refractivity contribution in [1.29, 1.82) is 0 Å². The summed E-state index contributed by atoms with van der Waals surface area (Å²) in [6.07, 6.45) is 3.66. The first-order valence-corrected chi connectivity index (χ1v) is 12.7. The molecule has 3 heterocycles. The van der Waals surface area contributed by atoms with Gasteiger partial charge in [0.15, 0.2) is 4.80 Å².